The van der Waals surface area contributed by atoms with Crippen LogP contribution in [-0.4, -0.2) is 19.5 Å². The highest BCUT2D eigenvalue weighted by Gasteiger charge is 2.23. The van der Waals surface area contributed by atoms with Crippen LogP contribution in [-0.2, 0) is 0 Å². The number of fused-ring (bicyclic) bond motifs is 9. The van der Waals surface area contributed by atoms with Gasteiger partial charge in [0.2, 0.25) is 0 Å². The molecule has 4 aromatic heterocycles. The smallest absolute Gasteiger partial charge is 0.164 e. The van der Waals surface area contributed by atoms with Crippen molar-refractivity contribution in [2.75, 3.05) is 0 Å². The number of nitrogens with zero attached hydrogens (tertiary/aromatic N) is 4. The highest BCUT2D eigenvalue weighted by Crippen LogP contribution is 2.45. The molecular formula is C63H38N4O2. The Hall–Kier alpha value is -9.39. The molecule has 0 saturated carbocycles. The van der Waals surface area contributed by atoms with E-state index in [-0.39, 0.29) is 0 Å². The molecule has 0 spiro atoms. The Morgan fingerprint density at radius 1 is 0.290 bits per heavy atom. The zero-order valence-corrected chi connectivity index (χ0v) is 37.0. The number of hydrogen-bond acceptors (Lipinski definition) is 5. The van der Waals surface area contributed by atoms with Crippen LogP contribution in [0.2, 0.25) is 0 Å². The van der Waals surface area contributed by atoms with E-state index in [4.69, 9.17) is 23.8 Å². The van der Waals surface area contributed by atoms with Gasteiger partial charge in [0, 0.05) is 49.2 Å². The molecule has 14 aromatic rings. The molecule has 4 heterocycles. The van der Waals surface area contributed by atoms with Crippen molar-refractivity contribution in [2.24, 2.45) is 0 Å². The van der Waals surface area contributed by atoms with Crippen molar-refractivity contribution in [1.29, 1.82) is 0 Å². The fourth-order valence-corrected chi connectivity index (χ4v) is 10.2. The summed E-state index contributed by atoms with van der Waals surface area (Å²) in [6.45, 7) is 0. The minimum Gasteiger partial charge on any atom is -0.456 e. The van der Waals surface area contributed by atoms with Crippen molar-refractivity contribution < 1.29 is 8.83 Å². The maximum absolute atomic E-state index is 6.93. The van der Waals surface area contributed by atoms with Crippen LogP contribution in [0.25, 0.3) is 139 Å². The average Bonchev–Trinajstić information content (AvgIpc) is 4.11. The molecular weight excluding hydrogens is 845 g/mol. The molecule has 0 amide bonds. The molecule has 69 heavy (non-hydrogen) atoms. The summed E-state index contributed by atoms with van der Waals surface area (Å²) in [4.78, 5) is 15.4. The molecule has 6 heteroatoms. The first kappa shape index (κ1) is 38.8. The Kier molecular flexibility index (Phi) is 8.79. The summed E-state index contributed by atoms with van der Waals surface area (Å²) < 4.78 is 15.9. The van der Waals surface area contributed by atoms with E-state index >= 15 is 0 Å². The van der Waals surface area contributed by atoms with Crippen LogP contribution in [0.5, 0.6) is 0 Å². The molecule has 10 aromatic carbocycles. The van der Waals surface area contributed by atoms with E-state index in [0.29, 0.717) is 17.5 Å². The van der Waals surface area contributed by atoms with Crippen molar-refractivity contribution in [3.63, 3.8) is 0 Å². The molecule has 0 aliphatic rings. The molecule has 6 nitrogen and oxygen atoms in total. The fraction of sp³-hybridized carbons (Fsp3) is 0. The van der Waals surface area contributed by atoms with Crippen LogP contribution in [0.15, 0.2) is 239 Å². The number of aromatic nitrogens is 4. The highest BCUT2D eigenvalue weighted by molar-refractivity contribution is 6.18. The van der Waals surface area contributed by atoms with Gasteiger partial charge in [0.1, 0.15) is 22.3 Å². The van der Waals surface area contributed by atoms with Gasteiger partial charge in [0.05, 0.1) is 22.1 Å². The van der Waals surface area contributed by atoms with E-state index in [9.17, 15) is 0 Å². The summed E-state index contributed by atoms with van der Waals surface area (Å²) >= 11 is 0. The van der Waals surface area contributed by atoms with Gasteiger partial charge < -0.3 is 13.4 Å². The predicted octanol–water partition coefficient (Wildman–Crippen LogP) is 16.8. The van der Waals surface area contributed by atoms with E-state index in [1.54, 1.807) is 0 Å². The standard InChI is InChI=1S/C63H38N4O2/c1-4-15-39(16-5-1)41-27-29-43(30-28-41)62-64-61(42-19-8-3-9-20-42)65-63(66-62)49-23-14-26-57-58(49)51-38-45(32-36-56(51)68-57)46-33-35-54(59-48-22-11-13-25-55(48)69-60(46)59)67-52-24-12-10-21-47(52)50-37-44(31-34-53(50)67)40-17-6-2-7-18-40/h1-38H. The number of para-hydroxylation sites is 2. The molecule has 0 unspecified atom stereocenters. The molecule has 0 saturated heterocycles. The zero-order valence-electron chi connectivity index (χ0n) is 37.0. The van der Waals surface area contributed by atoms with Gasteiger partial charge in [-0.1, -0.05) is 176 Å². The van der Waals surface area contributed by atoms with Gasteiger partial charge in [-0.15, -0.1) is 0 Å². The third-order valence-corrected chi connectivity index (χ3v) is 13.5. The predicted molar refractivity (Wildman–Crippen MR) is 281 cm³/mol. The van der Waals surface area contributed by atoms with Gasteiger partial charge in [-0.3, -0.25) is 0 Å². The SMILES string of the molecule is c1ccc(-c2ccc(-c3nc(-c4ccccc4)nc(-c4cccc5oc6ccc(-c7ccc(-n8c9ccccc9c9cc(-c%10ccccc%10)ccc98)c8c7oc7ccccc78)cc6c45)n3)cc2)cc1. The molecule has 0 bridgehead atoms. The van der Waals surface area contributed by atoms with E-state index in [2.05, 4.69) is 180 Å². The Labute approximate surface area is 396 Å². The zero-order chi connectivity index (χ0) is 45.4. The second kappa shape index (κ2) is 15.6. The topological polar surface area (TPSA) is 69.9 Å². The van der Waals surface area contributed by atoms with E-state index in [1.807, 2.05) is 54.6 Å². The maximum Gasteiger partial charge on any atom is 0.164 e. The number of rotatable bonds is 7. The lowest BCUT2D eigenvalue weighted by Gasteiger charge is -2.12. The molecule has 0 aliphatic heterocycles. The summed E-state index contributed by atoms with van der Waals surface area (Å²) in [5, 5.41) is 6.40. The summed E-state index contributed by atoms with van der Waals surface area (Å²) in [7, 11) is 0. The number of furan rings is 2. The van der Waals surface area contributed by atoms with Gasteiger partial charge in [0.25, 0.3) is 0 Å². The molecule has 0 N–H and O–H groups in total. The third-order valence-electron chi connectivity index (χ3n) is 13.5. The fourth-order valence-electron chi connectivity index (χ4n) is 10.2. The quantitative estimate of drug-likeness (QED) is 0.159. The van der Waals surface area contributed by atoms with Crippen molar-refractivity contribution in [3.05, 3.63) is 231 Å². The van der Waals surface area contributed by atoms with Crippen LogP contribution in [0, 0.1) is 0 Å². The highest BCUT2D eigenvalue weighted by atomic mass is 16.3. The molecule has 0 aliphatic carbocycles. The van der Waals surface area contributed by atoms with Gasteiger partial charge >= 0.3 is 0 Å². The summed E-state index contributed by atoms with van der Waals surface area (Å²) in [5.41, 5.74) is 15.8. The first-order valence-corrected chi connectivity index (χ1v) is 23.2. The second-order valence-electron chi connectivity index (χ2n) is 17.5. The van der Waals surface area contributed by atoms with Crippen LogP contribution in [0.4, 0.5) is 0 Å². The number of benzene rings is 10. The summed E-state index contributed by atoms with van der Waals surface area (Å²) in [6, 6.07) is 80.3. The lowest BCUT2D eigenvalue weighted by molar-refractivity contribution is 0.668. The third kappa shape index (κ3) is 6.38. The van der Waals surface area contributed by atoms with Crippen LogP contribution >= 0.6 is 0 Å². The van der Waals surface area contributed by atoms with E-state index < -0.39 is 0 Å². The maximum atomic E-state index is 6.93. The Morgan fingerprint density at radius 3 is 1.59 bits per heavy atom. The largest absolute Gasteiger partial charge is 0.456 e. The first-order chi connectivity index (χ1) is 34.2. The van der Waals surface area contributed by atoms with E-state index in [1.165, 1.54) is 21.9 Å². The van der Waals surface area contributed by atoms with Crippen molar-refractivity contribution >= 4 is 65.7 Å². The molecule has 0 radical (unpaired) electrons. The molecule has 14 rings (SSSR count). The van der Waals surface area contributed by atoms with Crippen molar-refractivity contribution in [1.82, 2.24) is 19.5 Å². The van der Waals surface area contributed by atoms with Crippen molar-refractivity contribution in [3.8, 4) is 73.2 Å². The van der Waals surface area contributed by atoms with Crippen LogP contribution in [0.3, 0.4) is 0 Å². The van der Waals surface area contributed by atoms with Crippen LogP contribution in [0.1, 0.15) is 0 Å². The van der Waals surface area contributed by atoms with Gasteiger partial charge in [-0.2, -0.15) is 0 Å². The monoisotopic (exact) mass is 882 g/mol. The molecule has 322 valence electrons. The minimum absolute atomic E-state index is 0.566. The molecule has 0 fully saturated rings. The summed E-state index contributed by atoms with van der Waals surface area (Å²) in [5.74, 6) is 1.76. The Morgan fingerprint density at radius 2 is 0.826 bits per heavy atom. The van der Waals surface area contributed by atoms with E-state index in [0.717, 1.165) is 99.5 Å². The Bertz CT molecular complexity index is 4290. The normalized spacial score (nSPS) is 11.8. The number of hydrogen-bond donors (Lipinski definition) is 0. The average molecular weight is 883 g/mol. The van der Waals surface area contributed by atoms with Crippen LogP contribution < -0.4 is 0 Å². The molecule has 0 atom stereocenters. The lowest BCUT2D eigenvalue weighted by Crippen LogP contribution is -2.00. The lowest BCUT2D eigenvalue weighted by atomic mass is 9.98. The van der Waals surface area contributed by atoms with Gasteiger partial charge in [0.15, 0.2) is 17.5 Å². The van der Waals surface area contributed by atoms with Gasteiger partial charge in [-0.05, 0) is 82.4 Å². The minimum atomic E-state index is 0.566. The summed E-state index contributed by atoms with van der Waals surface area (Å²) in [6.07, 6.45) is 0. The van der Waals surface area contributed by atoms with Crippen molar-refractivity contribution in [2.45, 2.75) is 0 Å². The Balaban J connectivity index is 0.944. The first-order valence-electron chi connectivity index (χ1n) is 23.2. The second-order valence-corrected chi connectivity index (χ2v) is 17.5. The van der Waals surface area contributed by atoms with Gasteiger partial charge in [-0.25, -0.2) is 15.0 Å².